The van der Waals surface area contributed by atoms with Gasteiger partial charge >= 0.3 is 0 Å². The van der Waals surface area contributed by atoms with Crippen molar-refractivity contribution in [2.24, 2.45) is 0 Å². The summed E-state index contributed by atoms with van der Waals surface area (Å²) in [6, 6.07) is 0. The van der Waals surface area contributed by atoms with Gasteiger partial charge in [-0.3, -0.25) is 0 Å². The minimum atomic E-state index is -2.95. The second-order valence-electron chi connectivity index (χ2n) is 2.68. The molecular formula is C4H11Cl5S2. The first-order valence-corrected chi connectivity index (χ1v) is 12.2. The molecule has 0 unspecified atom stereocenters. The van der Waals surface area contributed by atoms with Crippen molar-refractivity contribution in [2.75, 3.05) is 24.0 Å². The lowest BCUT2D eigenvalue weighted by molar-refractivity contribution is 1.54. The van der Waals surface area contributed by atoms with E-state index in [0.717, 1.165) is 0 Å². The third-order valence-electron chi connectivity index (χ3n) is 0.927. The maximum Gasteiger partial charge on any atom is 0.0119 e. The molecule has 11 heavy (non-hydrogen) atoms. The Kier molecular flexibility index (Phi) is 4.45. The fourth-order valence-corrected chi connectivity index (χ4v) is 6.30. The van der Waals surface area contributed by atoms with Crippen molar-refractivity contribution in [2.45, 2.75) is 0 Å². The highest BCUT2D eigenvalue weighted by molar-refractivity contribution is 8.91. The van der Waals surface area contributed by atoms with Crippen LogP contribution in [0.5, 0.6) is 0 Å². The first-order chi connectivity index (χ1) is 4.46. The molecule has 0 saturated carbocycles. The van der Waals surface area contributed by atoms with E-state index in [-0.39, 0.29) is 0 Å². The normalized spacial score (nSPS) is 19.0. The fourth-order valence-electron chi connectivity index (χ4n) is 0.355. The molecule has 0 amide bonds. The Morgan fingerprint density at radius 3 is 1.64 bits per heavy atom. The first-order valence-electron chi connectivity index (χ1n) is 2.78. The molecule has 0 radical (unpaired) electrons. The molecule has 74 valence electrons. The van der Waals surface area contributed by atoms with E-state index in [1.165, 1.54) is 0 Å². The van der Waals surface area contributed by atoms with Crippen LogP contribution in [0.3, 0.4) is 0 Å². The van der Waals surface area contributed by atoms with Gasteiger partial charge in [0.15, 0.2) is 0 Å². The molecule has 0 aliphatic heterocycles. The van der Waals surface area contributed by atoms with Crippen LogP contribution in [0.2, 0.25) is 0 Å². The van der Waals surface area contributed by atoms with Gasteiger partial charge in [0.2, 0.25) is 0 Å². The Labute approximate surface area is 92.0 Å². The maximum absolute atomic E-state index is 5.85. The summed E-state index contributed by atoms with van der Waals surface area (Å²) in [6.45, 7) is -2.95. The van der Waals surface area contributed by atoms with Crippen LogP contribution in [0.25, 0.3) is 0 Å². The standard InChI is InChI=1S/C4H11Cl5S2/c1-10(5,6)3-4-11(2,7,8)9/h11H,3-4H2,1-2H3. The largest absolute Gasteiger partial charge is 0.106 e. The van der Waals surface area contributed by atoms with Gasteiger partial charge in [-0.2, -0.15) is 0 Å². The second-order valence-corrected chi connectivity index (χ2v) is 22.4. The molecule has 0 N–H and O–H groups in total. The molecule has 0 nitrogen and oxygen atoms in total. The maximum atomic E-state index is 5.85. The van der Waals surface area contributed by atoms with E-state index in [0.29, 0.717) is 11.5 Å². The summed E-state index contributed by atoms with van der Waals surface area (Å²) in [5.74, 6) is 1.08. The van der Waals surface area contributed by atoms with Crippen LogP contribution in [-0.2, 0) is 0 Å². The van der Waals surface area contributed by atoms with E-state index in [1.807, 2.05) is 0 Å². The van der Waals surface area contributed by atoms with Crippen molar-refractivity contribution in [1.29, 1.82) is 0 Å². The predicted molar refractivity (Wildman–Crippen MR) is 67.4 cm³/mol. The van der Waals surface area contributed by atoms with Crippen LogP contribution in [0.15, 0.2) is 0 Å². The molecule has 7 heteroatoms. The Morgan fingerprint density at radius 1 is 1.18 bits per heavy atom. The van der Waals surface area contributed by atoms with Crippen molar-refractivity contribution in [3.8, 4) is 0 Å². The zero-order chi connectivity index (χ0) is 9.36. The average Bonchev–Trinajstić information content (AvgIpc) is 1.55. The molecule has 0 aliphatic carbocycles. The van der Waals surface area contributed by atoms with Crippen LogP contribution in [0.4, 0.5) is 0 Å². The van der Waals surface area contributed by atoms with Gasteiger partial charge in [0, 0.05) is 11.5 Å². The molecule has 0 aliphatic rings. The number of halogens is 5. The molecule has 0 atom stereocenters. The van der Waals surface area contributed by atoms with E-state index in [2.05, 4.69) is 0 Å². The summed E-state index contributed by atoms with van der Waals surface area (Å²) in [5, 5.41) is 0. The van der Waals surface area contributed by atoms with Crippen LogP contribution in [0.1, 0.15) is 0 Å². The highest BCUT2D eigenvalue weighted by Crippen LogP contribution is 2.81. The van der Waals surface area contributed by atoms with Crippen LogP contribution in [-0.4, -0.2) is 24.0 Å². The zero-order valence-electron chi connectivity index (χ0n) is 6.16. The molecule has 0 aromatic rings. The Bertz CT molecular complexity index is 134. The Morgan fingerprint density at radius 2 is 1.55 bits per heavy atom. The highest BCUT2D eigenvalue weighted by atomic mass is 36.2. The van der Waals surface area contributed by atoms with E-state index >= 15 is 0 Å². The van der Waals surface area contributed by atoms with Gasteiger partial charge in [-0.1, -0.05) is 61.9 Å². The topological polar surface area (TPSA) is 0 Å². The smallest absolute Gasteiger partial charge is 0.0119 e. The summed E-state index contributed by atoms with van der Waals surface area (Å²) in [5.41, 5.74) is 0. The molecular weight excluding hydrogens is 289 g/mol. The van der Waals surface area contributed by atoms with Crippen molar-refractivity contribution < 1.29 is 0 Å². The van der Waals surface area contributed by atoms with Gasteiger partial charge in [-0.15, -0.1) is 6.80 Å². The Balaban J connectivity index is 3.92. The molecule has 0 saturated heterocycles. The van der Waals surface area contributed by atoms with E-state index < -0.39 is 15.3 Å². The van der Waals surface area contributed by atoms with Crippen LogP contribution >= 0.6 is 68.7 Å². The molecule has 0 spiro atoms. The summed E-state index contributed by atoms with van der Waals surface area (Å²) < 4.78 is 0. The molecule has 0 heterocycles. The minimum Gasteiger partial charge on any atom is -0.106 e. The molecule has 0 aromatic carbocycles. The molecule has 0 bridgehead atoms. The third kappa shape index (κ3) is 12.1. The van der Waals surface area contributed by atoms with Gasteiger partial charge in [0.1, 0.15) is 0 Å². The average molecular weight is 301 g/mol. The third-order valence-corrected chi connectivity index (χ3v) is 5.78. The summed E-state index contributed by atoms with van der Waals surface area (Å²) in [4.78, 5) is 0. The monoisotopic (exact) mass is 298 g/mol. The van der Waals surface area contributed by atoms with Gasteiger partial charge in [-0.25, -0.2) is 0 Å². The Hall–Kier alpha value is 2.15. The highest BCUT2D eigenvalue weighted by Gasteiger charge is 2.28. The summed E-state index contributed by atoms with van der Waals surface area (Å²) in [7, 11) is 27.6. The van der Waals surface area contributed by atoms with Crippen molar-refractivity contribution in [1.82, 2.24) is 0 Å². The van der Waals surface area contributed by atoms with Crippen molar-refractivity contribution in [3.63, 3.8) is 0 Å². The van der Waals surface area contributed by atoms with Crippen molar-refractivity contribution >= 4 is 68.7 Å². The van der Waals surface area contributed by atoms with Crippen LogP contribution < -0.4 is 0 Å². The van der Waals surface area contributed by atoms with Gasteiger partial charge in [0.05, 0.1) is 0 Å². The second kappa shape index (κ2) is 3.72. The lowest BCUT2D eigenvalue weighted by Gasteiger charge is -2.39. The van der Waals surface area contributed by atoms with E-state index in [1.54, 1.807) is 12.5 Å². The lowest BCUT2D eigenvalue weighted by atomic mass is 11.0. The van der Waals surface area contributed by atoms with Gasteiger partial charge < -0.3 is 0 Å². The SMILES string of the molecule is CS(Cl)(Cl)CC[SH](C)(Cl)(Cl)Cl. The fraction of sp³-hybridized carbons (Fsp3) is 1.00. The summed E-state index contributed by atoms with van der Waals surface area (Å²) in [6.07, 6.45) is 3.41. The molecule has 0 aromatic heterocycles. The number of thiol groups is 1. The minimum absolute atomic E-state index is 0.495. The number of hydrogen-bond acceptors (Lipinski definition) is 0. The lowest BCUT2D eigenvalue weighted by Crippen LogP contribution is -2.04. The molecule has 0 fully saturated rings. The quantitative estimate of drug-likeness (QED) is 0.705. The first kappa shape index (κ1) is 13.2. The van der Waals surface area contributed by atoms with Gasteiger partial charge in [-0.05, 0) is 12.5 Å². The van der Waals surface area contributed by atoms with E-state index in [4.69, 9.17) is 53.4 Å². The van der Waals surface area contributed by atoms with Gasteiger partial charge in [0.25, 0.3) is 0 Å². The van der Waals surface area contributed by atoms with Crippen LogP contribution in [0, 0.1) is 0 Å². The van der Waals surface area contributed by atoms with E-state index in [9.17, 15) is 0 Å². The van der Waals surface area contributed by atoms with Crippen molar-refractivity contribution in [3.05, 3.63) is 0 Å². The zero-order valence-corrected chi connectivity index (χ0v) is 11.7. The number of hydrogen-bond donors (Lipinski definition) is 1. The predicted octanol–water partition coefficient (Wildman–Crippen LogP) is 4.89. The number of rotatable bonds is 3. The molecule has 0 rings (SSSR count). The summed E-state index contributed by atoms with van der Waals surface area (Å²) >= 11 is 0.